The van der Waals surface area contributed by atoms with Gasteiger partial charge in [-0.15, -0.1) is 11.3 Å². The van der Waals surface area contributed by atoms with Gasteiger partial charge in [0.2, 0.25) is 5.91 Å². The number of rotatable bonds is 7. The molecule has 2 aromatic rings. The van der Waals surface area contributed by atoms with Crippen LogP contribution in [0, 0.1) is 17.2 Å². The third kappa shape index (κ3) is 5.58. The summed E-state index contributed by atoms with van der Waals surface area (Å²) in [5.41, 5.74) is 1.46. The molecule has 0 aliphatic carbocycles. The number of benzene rings is 1. The third-order valence-corrected chi connectivity index (χ3v) is 5.58. The average Bonchev–Trinajstić information content (AvgIpc) is 3.19. The van der Waals surface area contributed by atoms with Crippen molar-refractivity contribution < 1.29 is 4.79 Å². The molecule has 1 amide bonds. The van der Waals surface area contributed by atoms with Crippen LogP contribution in [0.3, 0.4) is 0 Å². The molecule has 0 saturated carbocycles. The molecule has 1 aromatic carbocycles. The number of nitrogens with one attached hydrogen (secondary N) is 2. The number of amides is 1. The molecule has 3 rings (SSSR count). The van der Waals surface area contributed by atoms with Crippen molar-refractivity contribution in [3.05, 3.63) is 52.2 Å². The monoisotopic (exact) mass is 368 g/mol. The minimum atomic E-state index is 0.00961. The number of nitrogens with zero attached hydrogens (tertiary/aromatic N) is 2. The van der Waals surface area contributed by atoms with Crippen LogP contribution in [-0.4, -0.2) is 37.0 Å². The zero-order valence-electron chi connectivity index (χ0n) is 14.8. The van der Waals surface area contributed by atoms with Gasteiger partial charge in [-0.05, 0) is 67.6 Å². The molecular weight excluding hydrogens is 344 g/mol. The van der Waals surface area contributed by atoms with Gasteiger partial charge in [-0.3, -0.25) is 9.69 Å². The van der Waals surface area contributed by atoms with Gasteiger partial charge in [-0.1, -0.05) is 6.07 Å². The van der Waals surface area contributed by atoms with Crippen LogP contribution in [0.5, 0.6) is 0 Å². The van der Waals surface area contributed by atoms with E-state index in [9.17, 15) is 4.79 Å². The quantitative estimate of drug-likeness (QED) is 0.788. The second kappa shape index (κ2) is 9.37. The van der Waals surface area contributed by atoms with Gasteiger partial charge in [0, 0.05) is 23.7 Å². The molecule has 1 aliphatic heterocycles. The zero-order chi connectivity index (χ0) is 18.2. The molecule has 0 bridgehead atoms. The fraction of sp³-hybridized carbons (Fsp3) is 0.400. The predicted octanol–water partition coefficient (Wildman–Crippen LogP) is 3.06. The van der Waals surface area contributed by atoms with Crippen molar-refractivity contribution in [3.63, 3.8) is 0 Å². The molecule has 1 aliphatic rings. The van der Waals surface area contributed by atoms with Gasteiger partial charge < -0.3 is 10.6 Å². The largest absolute Gasteiger partial charge is 0.376 e. The Hall–Kier alpha value is -2.36. The number of carbonyl (C=O) groups is 1. The number of carbonyl (C=O) groups excluding carboxylic acids is 1. The maximum Gasteiger partial charge on any atom is 0.239 e. The van der Waals surface area contributed by atoms with E-state index in [0.29, 0.717) is 11.5 Å². The molecule has 2 heterocycles. The molecule has 1 fully saturated rings. The molecule has 0 unspecified atom stereocenters. The first-order chi connectivity index (χ1) is 12.7. The SMILES string of the molecule is N#Cc1ccc(NCC(=O)NCC2CCN(Cc3cccs3)CC2)cc1. The highest BCUT2D eigenvalue weighted by atomic mass is 32.1. The lowest BCUT2D eigenvalue weighted by molar-refractivity contribution is -0.119. The summed E-state index contributed by atoms with van der Waals surface area (Å²) < 4.78 is 0. The van der Waals surface area contributed by atoms with Gasteiger partial charge in [-0.2, -0.15) is 5.26 Å². The van der Waals surface area contributed by atoms with E-state index in [1.165, 1.54) is 4.88 Å². The topological polar surface area (TPSA) is 68.2 Å². The number of hydrogen-bond donors (Lipinski definition) is 2. The molecule has 0 radical (unpaired) electrons. The normalized spacial score (nSPS) is 15.3. The summed E-state index contributed by atoms with van der Waals surface area (Å²) in [4.78, 5) is 15.9. The Balaban J connectivity index is 1.31. The van der Waals surface area contributed by atoms with Gasteiger partial charge >= 0.3 is 0 Å². The molecular formula is C20H24N4OS. The van der Waals surface area contributed by atoms with Gasteiger partial charge in [0.15, 0.2) is 0 Å². The van der Waals surface area contributed by atoms with E-state index >= 15 is 0 Å². The van der Waals surface area contributed by atoms with Gasteiger partial charge in [0.05, 0.1) is 18.2 Å². The fourth-order valence-corrected chi connectivity index (χ4v) is 3.88. The molecule has 6 heteroatoms. The number of thiophene rings is 1. The van der Waals surface area contributed by atoms with Crippen LogP contribution >= 0.6 is 11.3 Å². The molecule has 2 N–H and O–H groups in total. The summed E-state index contributed by atoms with van der Waals surface area (Å²) >= 11 is 1.82. The average molecular weight is 369 g/mol. The molecule has 0 atom stereocenters. The van der Waals surface area contributed by atoms with Gasteiger partial charge in [-0.25, -0.2) is 0 Å². The molecule has 1 saturated heterocycles. The molecule has 1 aromatic heterocycles. The Kier molecular flexibility index (Phi) is 6.64. The lowest BCUT2D eigenvalue weighted by Crippen LogP contribution is -2.39. The second-order valence-electron chi connectivity index (χ2n) is 6.65. The molecule has 26 heavy (non-hydrogen) atoms. The first-order valence-corrected chi connectivity index (χ1v) is 9.86. The van der Waals surface area contributed by atoms with Gasteiger partial charge in [0.25, 0.3) is 0 Å². The van der Waals surface area contributed by atoms with Crippen molar-refractivity contribution in [1.29, 1.82) is 5.26 Å². The number of nitriles is 1. The first kappa shape index (κ1) is 18.4. The number of hydrogen-bond acceptors (Lipinski definition) is 5. The fourth-order valence-electron chi connectivity index (χ4n) is 3.14. The Bertz CT molecular complexity index is 728. The van der Waals surface area contributed by atoms with Crippen LogP contribution in [0.15, 0.2) is 41.8 Å². The minimum absolute atomic E-state index is 0.00961. The maximum absolute atomic E-state index is 12.0. The summed E-state index contributed by atoms with van der Waals surface area (Å²) in [6.45, 7) is 4.25. The summed E-state index contributed by atoms with van der Waals surface area (Å²) in [6.07, 6.45) is 2.27. The number of likely N-dealkylation sites (tertiary alicyclic amines) is 1. The van der Waals surface area contributed by atoms with Crippen LogP contribution < -0.4 is 10.6 Å². The molecule has 0 spiro atoms. The number of piperidine rings is 1. The van der Waals surface area contributed by atoms with E-state index in [-0.39, 0.29) is 12.5 Å². The minimum Gasteiger partial charge on any atom is -0.376 e. The lowest BCUT2D eigenvalue weighted by atomic mass is 9.97. The highest BCUT2D eigenvalue weighted by molar-refractivity contribution is 7.09. The second-order valence-corrected chi connectivity index (χ2v) is 7.68. The van der Waals surface area contributed by atoms with E-state index in [0.717, 1.165) is 44.7 Å². The number of anilines is 1. The zero-order valence-corrected chi connectivity index (χ0v) is 15.6. The van der Waals surface area contributed by atoms with Crippen LogP contribution in [0.4, 0.5) is 5.69 Å². The van der Waals surface area contributed by atoms with Crippen molar-refractivity contribution in [3.8, 4) is 6.07 Å². The van der Waals surface area contributed by atoms with E-state index in [4.69, 9.17) is 5.26 Å². The first-order valence-electron chi connectivity index (χ1n) is 8.98. The van der Waals surface area contributed by atoms with Crippen molar-refractivity contribution in [1.82, 2.24) is 10.2 Å². The van der Waals surface area contributed by atoms with E-state index in [2.05, 4.69) is 39.1 Å². The summed E-state index contributed by atoms with van der Waals surface area (Å²) in [5, 5.41) is 17.0. The summed E-state index contributed by atoms with van der Waals surface area (Å²) in [7, 11) is 0. The van der Waals surface area contributed by atoms with Crippen molar-refractivity contribution in [2.45, 2.75) is 19.4 Å². The Morgan fingerprint density at radius 1 is 1.23 bits per heavy atom. The predicted molar refractivity (Wildman–Crippen MR) is 105 cm³/mol. The van der Waals surface area contributed by atoms with Crippen LogP contribution in [0.25, 0.3) is 0 Å². The van der Waals surface area contributed by atoms with Crippen LogP contribution in [0.1, 0.15) is 23.3 Å². The lowest BCUT2D eigenvalue weighted by Gasteiger charge is -2.31. The standard InChI is InChI=1S/C20H24N4OS/c21-12-16-3-5-18(6-4-16)22-14-20(25)23-13-17-7-9-24(10-8-17)15-19-2-1-11-26-19/h1-6,11,17,22H,7-10,13-15H2,(H,23,25). The van der Waals surface area contributed by atoms with Crippen molar-refractivity contribution >= 4 is 22.9 Å². The third-order valence-electron chi connectivity index (χ3n) is 4.72. The Morgan fingerprint density at radius 2 is 2.00 bits per heavy atom. The highest BCUT2D eigenvalue weighted by Gasteiger charge is 2.19. The Labute approximate surface area is 158 Å². The van der Waals surface area contributed by atoms with Gasteiger partial charge in [0.1, 0.15) is 0 Å². The van der Waals surface area contributed by atoms with Crippen molar-refractivity contribution in [2.24, 2.45) is 5.92 Å². The highest BCUT2D eigenvalue weighted by Crippen LogP contribution is 2.20. The van der Waals surface area contributed by atoms with Crippen LogP contribution in [-0.2, 0) is 11.3 Å². The smallest absolute Gasteiger partial charge is 0.239 e. The van der Waals surface area contributed by atoms with E-state index < -0.39 is 0 Å². The molecule has 5 nitrogen and oxygen atoms in total. The van der Waals surface area contributed by atoms with E-state index in [1.54, 1.807) is 12.1 Å². The van der Waals surface area contributed by atoms with Crippen molar-refractivity contribution in [2.75, 3.05) is 31.5 Å². The van der Waals surface area contributed by atoms with E-state index in [1.807, 2.05) is 23.5 Å². The summed E-state index contributed by atoms with van der Waals surface area (Å²) in [6, 6.07) is 13.5. The molecule has 136 valence electrons. The maximum atomic E-state index is 12.0. The summed E-state index contributed by atoms with van der Waals surface area (Å²) in [5.74, 6) is 0.573. The Morgan fingerprint density at radius 3 is 2.65 bits per heavy atom. The van der Waals surface area contributed by atoms with Crippen LogP contribution in [0.2, 0.25) is 0 Å².